The fourth-order valence-electron chi connectivity index (χ4n) is 5.05. The molecule has 1 fully saturated rings. The van der Waals surface area contributed by atoms with E-state index in [0.29, 0.717) is 73.4 Å². The number of benzene rings is 2. The van der Waals surface area contributed by atoms with E-state index in [1.165, 1.54) is 18.2 Å². The maximum absolute atomic E-state index is 14.3. The first-order valence-corrected chi connectivity index (χ1v) is 14.3. The fraction of sp³-hybridized carbons (Fsp3) is 0.323. The number of carbonyl (C=O) groups is 1. The molecule has 0 unspecified atom stereocenters. The number of carboxylic acids is 1. The molecule has 2 aliphatic rings. The van der Waals surface area contributed by atoms with E-state index in [2.05, 4.69) is 10.1 Å². The van der Waals surface area contributed by atoms with Crippen LogP contribution >= 0.6 is 0 Å². The summed E-state index contributed by atoms with van der Waals surface area (Å²) in [4.78, 5) is 23.2. The van der Waals surface area contributed by atoms with Crippen molar-refractivity contribution in [1.82, 2.24) is 19.5 Å². The van der Waals surface area contributed by atoms with Crippen LogP contribution in [0.25, 0.3) is 11.0 Å². The zero-order valence-corrected chi connectivity index (χ0v) is 24.0. The number of halogens is 1. The lowest BCUT2D eigenvalue weighted by Crippen LogP contribution is -2.38. The summed E-state index contributed by atoms with van der Waals surface area (Å²) >= 11 is 0. The Balaban J connectivity index is 1.18. The first-order chi connectivity index (χ1) is 21.4. The van der Waals surface area contributed by atoms with Crippen molar-refractivity contribution in [1.29, 1.82) is 5.26 Å². The van der Waals surface area contributed by atoms with Crippen LogP contribution in [0.5, 0.6) is 11.6 Å². The summed E-state index contributed by atoms with van der Waals surface area (Å²) in [6.45, 7) is 5.01. The van der Waals surface area contributed by atoms with Crippen LogP contribution in [0.2, 0.25) is 0 Å². The third-order valence-corrected chi connectivity index (χ3v) is 7.46. The molecule has 1 saturated heterocycles. The quantitative estimate of drug-likeness (QED) is 0.267. The van der Waals surface area contributed by atoms with Gasteiger partial charge >= 0.3 is 5.97 Å². The van der Waals surface area contributed by atoms with Crippen molar-refractivity contribution < 1.29 is 28.5 Å². The van der Waals surface area contributed by atoms with Gasteiger partial charge in [-0.25, -0.2) is 14.2 Å². The van der Waals surface area contributed by atoms with E-state index in [9.17, 15) is 14.3 Å². The van der Waals surface area contributed by atoms with Crippen molar-refractivity contribution in [3.8, 4) is 17.7 Å². The first kappa shape index (κ1) is 28.9. The number of imidazole rings is 1. The number of fused-ring (bicyclic) bond motifs is 1. The Morgan fingerprint density at radius 2 is 2.05 bits per heavy atom. The number of hydrogen-bond donors (Lipinski definition) is 1. The highest BCUT2D eigenvalue weighted by atomic mass is 19.1. The molecule has 0 saturated carbocycles. The van der Waals surface area contributed by atoms with Crippen LogP contribution in [-0.2, 0) is 24.4 Å². The van der Waals surface area contributed by atoms with Gasteiger partial charge < -0.3 is 28.8 Å². The maximum Gasteiger partial charge on any atom is 0.335 e. The van der Waals surface area contributed by atoms with Crippen LogP contribution in [0.4, 0.5) is 10.2 Å². The Labute approximate surface area is 252 Å². The number of nitriles is 1. The van der Waals surface area contributed by atoms with Gasteiger partial charge in [-0.15, -0.1) is 0 Å². The Bertz CT molecular complexity index is 1760. The summed E-state index contributed by atoms with van der Waals surface area (Å²) < 4.78 is 33.5. The van der Waals surface area contributed by atoms with Gasteiger partial charge in [0.25, 0.3) is 0 Å². The van der Waals surface area contributed by atoms with E-state index in [0.717, 1.165) is 12.2 Å². The number of anilines is 1. The molecule has 0 bridgehead atoms. The summed E-state index contributed by atoms with van der Waals surface area (Å²) in [6, 6.07) is 14.6. The molecular formula is C31H30FN7O5. The predicted octanol–water partition coefficient (Wildman–Crippen LogP) is 4.17. The van der Waals surface area contributed by atoms with E-state index < -0.39 is 11.8 Å². The molecule has 2 aromatic carbocycles. The second-order valence-corrected chi connectivity index (χ2v) is 10.4. The van der Waals surface area contributed by atoms with Crippen molar-refractivity contribution in [2.45, 2.75) is 39.1 Å². The van der Waals surface area contributed by atoms with Crippen molar-refractivity contribution >= 4 is 29.2 Å². The molecule has 0 radical (unpaired) electrons. The third kappa shape index (κ3) is 6.11. The Kier molecular flexibility index (Phi) is 8.25. The molecule has 4 heterocycles. The molecule has 13 heteroatoms. The summed E-state index contributed by atoms with van der Waals surface area (Å²) in [7, 11) is 0. The van der Waals surface area contributed by atoms with E-state index in [4.69, 9.17) is 24.5 Å². The minimum absolute atomic E-state index is 0.0261. The highest BCUT2D eigenvalue weighted by Crippen LogP contribution is 2.31. The Morgan fingerprint density at radius 3 is 2.73 bits per heavy atom. The number of hydrogen-bond acceptors (Lipinski definition) is 10. The van der Waals surface area contributed by atoms with E-state index in [-0.39, 0.29) is 23.8 Å². The fourth-order valence-corrected chi connectivity index (χ4v) is 5.05. The van der Waals surface area contributed by atoms with Gasteiger partial charge in [-0.1, -0.05) is 12.1 Å². The minimum atomic E-state index is -1.03. The van der Waals surface area contributed by atoms with Gasteiger partial charge in [0.1, 0.15) is 41.7 Å². The summed E-state index contributed by atoms with van der Waals surface area (Å²) in [5.41, 5.74) is 2.00. The normalized spacial score (nSPS) is 16.1. The largest absolute Gasteiger partial charge is 0.492 e. The number of nitrogens with zero attached hydrogens (tertiary/aromatic N) is 7. The van der Waals surface area contributed by atoms with E-state index in [1.807, 2.05) is 33.5 Å². The summed E-state index contributed by atoms with van der Waals surface area (Å²) in [5.74, 6) is 0.581. The number of aromatic carboxylic acids is 1. The summed E-state index contributed by atoms with van der Waals surface area (Å²) in [5, 5.41) is 25.2. The van der Waals surface area contributed by atoms with Gasteiger partial charge in [0.05, 0.1) is 55.1 Å². The molecule has 0 amide bonds. The average Bonchev–Trinajstić information content (AvgIpc) is 3.35. The van der Waals surface area contributed by atoms with Crippen molar-refractivity contribution in [3.05, 3.63) is 76.9 Å². The molecule has 44 heavy (non-hydrogen) atoms. The van der Waals surface area contributed by atoms with Crippen LogP contribution in [0.1, 0.15) is 40.7 Å². The van der Waals surface area contributed by atoms with Crippen molar-refractivity contribution in [2.24, 2.45) is 5.10 Å². The third-order valence-electron chi connectivity index (χ3n) is 7.46. The number of pyridine rings is 1. The molecule has 6 rings (SSSR count). The molecule has 0 aliphatic carbocycles. The molecule has 2 aliphatic heterocycles. The van der Waals surface area contributed by atoms with Gasteiger partial charge in [0, 0.05) is 24.8 Å². The lowest BCUT2D eigenvalue weighted by Gasteiger charge is -2.30. The highest BCUT2D eigenvalue weighted by molar-refractivity contribution is 5.95. The number of hydrazone groups is 1. The maximum atomic E-state index is 14.3. The van der Waals surface area contributed by atoms with E-state index in [1.54, 1.807) is 30.6 Å². The highest BCUT2D eigenvalue weighted by Gasteiger charge is 2.25. The number of rotatable bonds is 11. The monoisotopic (exact) mass is 599 g/mol. The van der Waals surface area contributed by atoms with Gasteiger partial charge in [-0.2, -0.15) is 15.3 Å². The molecule has 1 N–H and O–H groups in total. The van der Waals surface area contributed by atoms with E-state index >= 15 is 0 Å². The van der Waals surface area contributed by atoms with Crippen LogP contribution in [0.15, 0.2) is 53.6 Å². The molecule has 12 nitrogen and oxygen atoms in total. The second-order valence-electron chi connectivity index (χ2n) is 10.4. The zero-order valence-electron chi connectivity index (χ0n) is 24.0. The van der Waals surface area contributed by atoms with Gasteiger partial charge in [-0.3, -0.25) is 5.01 Å². The molecule has 4 aromatic rings. The van der Waals surface area contributed by atoms with Crippen LogP contribution in [0.3, 0.4) is 0 Å². The number of aromatic nitrogens is 3. The van der Waals surface area contributed by atoms with Crippen LogP contribution in [0, 0.1) is 17.1 Å². The Morgan fingerprint density at radius 1 is 1.18 bits per heavy atom. The first-order valence-electron chi connectivity index (χ1n) is 14.3. The standard InChI is InChI=1S/C31H30FN7O5/c1-2-42-26-14-22(31(40)41)13-25-30(26)36-28(39(25)16-23-8-11-43-23)17-38-10-9-37(19-34-38)27-4-3-5-29(35-27)44-18-21-7-6-20(15-33)12-24(21)32/h3-7,12-14,19,23H,2,8-11,16-18H2,1H3,(H,40,41)/t23-/m0/s1. The minimum Gasteiger partial charge on any atom is -0.492 e. The lowest BCUT2D eigenvalue weighted by molar-refractivity contribution is -0.0592. The van der Waals surface area contributed by atoms with Gasteiger partial charge in [0.15, 0.2) is 0 Å². The Hall–Kier alpha value is -5.22. The van der Waals surface area contributed by atoms with Crippen LogP contribution < -0.4 is 14.4 Å². The SMILES string of the molecule is CCOc1cc(C(=O)O)cc2c1nc(CN1CCN(c3cccc(OCc4ccc(C#N)cc4F)n3)C=N1)n2C[C@@H]1CCO1. The second kappa shape index (κ2) is 12.6. The van der Waals surface area contributed by atoms with Crippen molar-refractivity contribution in [3.63, 3.8) is 0 Å². The van der Waals surface area contributed by atoms with Gasteiger partial charge in [-0.05, 0) is 43.7 Å². The lowest BCUT2D eigenvalue weighted by atomic mass is 10.1. The summed E-state index contributed by atoms with van der Waals surface area (Å²) in [6.07, 6.45) is 2.64. The van der Waals surface area contributed by atoms with Gasteiger partial charge in [0.2, 0.25) is 5.88 Å². The van der Waals surface area contributed by atoms with Crippen molar-refractivity contribution in [2.75, 3.05) is 31.2 Å². The predicted molar refractivity (Wildman–Crippen MR) is 158 cm³/mol. The molecule has 1 atom stereocenters. The molecule has 0 spiro atoms. The topological polar surface area (TPSA) is 138 Å². The van der Waals surface area contributed by atoms with Crippen LogP contribution in [-0.4, -0.2) is 69.4 Å². The molecular weight excluding hydrogens is 569 g/mol. The smallest absolute Gasteiger partial charge is 0.335 e. The molecule has 2 aromatic heterocycles. The molecule has 226 valence electrons. The number of carboxylic acid groups (broad SMARTS) is 1. The number of ether oxygens (including phenoxy) is 3. The average molecular weight is 600 g/mol. The zero-order chi connectivity index (χ0) is 30.6.